The van der Waals surface area contributed by atoms with Crippen LogP contribution in [-0.2, 0) is 11.3 Å². The number of nitrogens with zero attached hydrogens (tertiary/aromatic N) is 1. The lowest BCUT2D eigenvalue weighted by Crippen LogP contribution is -2.35. The largest absolute Gasteiger partial charge is 0.497 e. The molecular formula is C27H28N2O4. The zero-order valence-electron chi connectivity index (χ0n) is 18.9. The Kier molecular flexibility index (Phi) is 6.93. The number of nitrogens with one attached hydrogen (secondary N) is 1. The van der Waals surface area contributed by atoms with Gasteiger partial charge in [0.15, 0.2) is 0 Å². The second-order valence-electron chi connectivity index (χ2n) is 8.13. The first-order valence-electron chi connectivity index (χ1n) is 11.0. The van der Waals surface area contributed by atoms with Crippen LogP contribution in [-0.4, -0.2) is 44.0 Å². The zero-order valence-corrected chi connectivity index (χ0v) is 18.9. The molecule has 2 amide bonds. The van der Waals surface area contributed by atoms with Crippen LogP contribution in [0.5, 0.6) is 11.5 Å². The van der Waals surface area contributed by atoms with Gasteiger partial charge in [0, 0.05) is 31.1 Å². The van der Waals surface area contributed by atoms with Gasteiger partial charge in [0.25, 0.3) is 5.91 Å². The molecule has 2 unspecified atom stereocenters. The minimum Gasteiger partial charge on any atom is -0.497 e. The summed E-state index contributed by atoms with van der Waals surface area (Å²) in [6.07, 6.45) is 0. The predicted molar refractivity (Wildman–Crippen MR) is 126 cm³/mol. The monoisotopic (exact) mass is 444 g/mol. The first-order chi connectivity index (χ1) is 16.1. The van der Waals surface area contributed by atoms with E-state index in [-0.39, 0.29) is 23.7 Å². The summed E-state index contributed by atoms with van der Waals surface area (Å²) >= 11 is 0. The van der Waals surface area contributed by atoms with E-state index in [0.29, 0.717) is 30.9 Å². The van der Waals surface area contributed by atoms with Gasteiger partial charge in [-0.25, -0.2) is 0 Å². The lowest BCUT2D eigenvalue weighted by atomic mass is 9.88. The third kappa shape index (κ3) is 5.17. The van der Waals surface area contributed by atoms with Crippen molar-refractivity contribution >= 4 is 11.8 Å². The van der Waals surface area contributed by atoms with Crippen LogP contribution < -0.4 is 14.8 Å². The van der Waals surface area contributed by atoms with Crippen molar-refractivity contribution in [3.8, 4) is 11.5 Å². The van der Waals surface area contributed by atoms with Crippen LogP contribution in [0, 0.1) is 5.92 Å². The quantitative estimate of drug-likeness (QED) is 0.601. The van der Waals surface area contributed by atoms with Gasteiger partial charge in [-0.05, 0) is 47.5 Å². The highest BCUT2D eigenvalue weighted by atomic mass is 16.5. The van der Waals surface area contributed by atoms with E-state index in [2.05, 4.69) is 5.32 Å². The molecule has 0 bridgehead atoms. The fraction of sp³-hybridized carbons (Fsp3) is 0.259. The van der Waals surface area contributed by atoms with Crippen molar-refractivity contribution in [2.75, 3.05) is 27.3 Å². The number of carbonyl (C=O) groups is 2. The molecule has 6 nitrogen and oxygen atoms in total. The Morgan fingerprint density at radius 2 is 1.61 bits per heavy atom. The maximum Gasteiger partial charge on any atom is 0.253 e. The maximum atomic E-state index is 13.2. The lowest BCUT2D eigenvalue weighted by molar-refractivity contribution is -0.125. The molecule has 170 valence electrons. The van der Waals surface area contributed by atoms with Gasteiger partial charge >= 0.3 is 0 Å². The molecule has 0 spiro atoms. The summed E-state index contributed by atoms with van der Waals surface area (Å²) in [5.41, 5.74) is 2.60. The molecule has 1 heterocycles. The van der Waals surface area contributed by atoms with Gasteiger partial charge in [-0.15, -0.1) is 0 Å². The van der Waals surface area contributed by atoms with Gasteiger partial charge < -0.3 is 19.7 Å². The molecule has 1 fully saturated rings. The minimum atomic E-state index is -0.358. The van der Waals surface area contributed by atoms with E-state index >= 15 is 0 Å². The molecule has 1 saturated heterocycles. The number of carbonyl (C=O) groups excluding carboxylic acids is 2. The van der Waals surface area contributed by atoms with Gasteiger partial charge in [-0.2, -0.15) is 0 Å². The van der Waals surface area contributed by atoms with Crippen molar-refractivity contribution in [1.82, 2.24) is 10.2 Å². The molecule has 33 heavy (non-hydrogen) atoms. The zero-order chi connectivity index (χ0) is 23.2. The van der Waals surface area contributed by atoms with E-state index in [1.54, 1.807) is 43.4 Å². The Hall–Kier alpha value is -3.80. The van der Waals surface area contributed by atoms with E-state index in [1.807, 2.05) is 54.6 Å². The molecule has 3 aromatic carbocycles. The van der Waals surface area contributed by atoms with Gasteiger partial charge in [-0.1, -0.05) is 42.5 Å². The van der Waals surface area contributed by atoms with Gasteiger partial charge in [0.2, 0.25) is 5.91 Å². The fourth-order valence-corrected chi connectivity index (χ4v) is 4.28. The topological polar surface area (TPSA) is 67.9 Å². The van der Waals surface area contributed by atoms with Crippen LogP contribution in [0.3, 0.4) is 0 Å². The third-order valence-electron chi connectivity index (χ3n) is 6.11. The predicted octanol–water partition coefficient (Wildman–Crippen LogP) is 3.88. The second kappa shape index (κ2) is 10.2. The number of hydrogen-bond donors (Lipinski definition) is 1. The number of methoxy groups -OCH3 is 2. The Labute approximate surface area is 194 Å². The van der Waals surface area contributed by atoms with Crippen LogP contribution in [0.1, 0.15) is 27.4 Å². The third-order valence-corrected chi connectivity index (χ3v) is 6.11. The number of rotatable bonds is 7. The first kappa shape index (κ1) is 22.4. The van der Waals surface area contributed by atoms with Crippen molar-refractivity contribution in [2.45, 2.75) is 12.5 Å². The molecule has 2 atom stereocenters. The molecule has 0 aromatic heterocycles. The lowest BCUT2D eigenvalue weighted by Gasteiger charge is -2.18. The van der Waals surface area contributed by atoms with E-state index < -0.39 is 0 Å². The molecular weight excluding hydrogens is 416 g/mol. The van der Waals surface area contributed by atoms with Crippen molar-refractivity contribution in [3.05, 3.63) is 95.6 Å². The molecule has 6 heteroatoms. The van der Waals surface area contributed by atoms with E-state index in [0.717, 1.165) is 16.9 Å². The molecule has 1 aliphatic heterocycles. The molecule has 1 N–H and O–H groups in total. The van der Waals surface area contributed by atoms with Crippen LogP contribution in [0.4, 0.5) is 0 Å². The number of likely N-dealkylation sites (tertiary alicyclic amines) is 1. The maximum absolute atomic E-state index is 13.2. The summed E-state index contributed by atoms with van der Waals surface area (Å²) in [7, 11) is 3.21. The number of hydrogen-bond acceptors (Lipinski definition) is 4. The molecule has 3 aromatic rings. The highest BCUT2D eigenvalue weighted by Gasteiger charge is 2.40. The smallest absolute Gasteiger partial charge is 0.253 e. The van der Waals surface area contributed by atoms with Crippen LogP contribution >= 0.6 is 0 Å². The fourth-order valence-electron chi connectivity index (χ4n) is 4.28. The average Bonchev–Trinajstić information content (AvgIpc) is 3.33. The van der Waals surface area contributed by atoms with E-state index in [4.69, 9.17) is 9.47 Å². The number of amides is 2. The van der Waals surface area contributed by atoms with E-state index in [1.165, 1.54) is 0 Å². The summed E-state index contributed by atoms with van der Waals surface area (Å²) < 4.78 is 10.6. The summed E-state index contributed by atoms with van der Waals surface area (Å²) in [4.78, 5) is 28.2. The molecule has 0 aliphatic carbocycles. The van der Waals surface area contributed by atoms with E-state index in [9.17, 15) is 9.59 Å². The number of ether oxygens (including phenoxy) is 2. The van der Waals surface area contributed by atoms with Crippen molar-refractivity contribution in [1.29, 1.82) is 0 Å². The molecule has 0 saturated carbocycles. The summed E-state index contributed by atoms with van der Waals surface area (Å²) in [6.45, 7) is 1.27. The second-order valence-corrected chi connectivity index (χ2v) is 8.13. The standard InChI is InChI=1S/C27H28N2O4/c1-32-22-13-11-20(12-14-22)27(31)29-17-24(21-9-6-10-23(15-21)33-2)25(18-29)26(30)28-16-19-7-4-3-5-8-19/h3-15,24-25H,16-18H2,1-2H3,(H,28,30). The Morgan fingerprint density at radius 3 is 2.30 bits per heavy atom. The van der Waals surface area contributed by atoms with Crippen molar-refractivity contribution < 1.29 is 19.1 Å². The normalized spacial score (nSPS) is 17.5. The van der Waals surface area contributed by atoms with Crippen molar-refractivity contribution in [2.24, 2.45) is 5.92 Å². The highest BCUT2D eigenvalue weighted by molar-refractivity contribution is 5.95. The summed E-state index contributed by atoms with van der Waals surface area (Å²) in [5, 5.41) is 3.06. The van der Waals surface area contributed by atoms with Gasteiger partial charge in [-0.3, -0.25) is 9.59 Å². The Balaban J connectivity index is 1.55. The molecule has 0 radical (unpaired) electrons. The molecule has 4 rings (SSSR count). The minimum absolute atomic E-state index is 0.0586. The summed E-state index contributed by atoms with van der Waals surface area (Å²) in [6, 6.07) is 24.6. The van der Waals surface area contributed by atoms with Gasteiger partial charge in [0.1, 0.15) is 11.5 Å². The van der Waals surface area contributed by atoms with Crippen LogP contribution in [0.25, 0.3) is 0 Å². The Morgan fingerprint density at radius 1 is 0.879 bits per heavy atom. The SMILES string of the molecule is COc1ccc(C(=O)N2CC(C(=O)NCc3ccccc3)C(c3cccc(OC)c3)C2)cc1. The molecule has 1 aliphatic rings. The van der Waals surface area contributed by atoms with Crippen LogP contribution in [0.2, 0.25) is 0 Å². The highest BCUT2D eigenvalue weighted by Crippen LogP contribution is 2.35. The summed E-state index contributed by atoms with van der Waals surface area (Å²) in [5.74, 6) is 0.790. The van der Waals surface area contributed by atoms with Gasteiger partial charge in [0.05, 0.1) is 20.1 Å². The Bertz CT molecular complexity index is 1100. The van der Waals surface area contributed by atoms with Crippen molar-refractivity contribution in [3.63, 3.8) is 0 Å². The first-order valence-corrected chi connectivity index (χ1v) is 11.0. The average molecular weight is 445 g/mol. The van der Waals surface area contributed by atoms with Crippen LogP contribution in [0.15, 0.2) is 78.9 Å². The number of benzene rings is 3.